The van der Waals surface area contributed by atoms with Crippen molar-refractivity contribution in [3.05, 3.63) is 60.2 Å². The van der Waals surface area contributed by atoms with E-state index in [0.717, 1.165) is 17.0 Å². The molecule has 110 valence electrons. The molecule has 0 saturated heterocycles. The van der Waals surface area contributed by atoms with Gasteiger partial charge < -0.3 is 15.2 Å². The van der Waals surface area contributed by atoms with Gasteiger partial charge in [0.25, 0.3) is 0 Å². The summed E-state index contributed by atoms with van der Waals surface area (Å²) in [6, 6.07) is 16.3. The zero-order valence-corrected chi connectivity index (χ0v) is 12.1. The molecule has 2 N–H and O–H groups in total. The monoisotopic (exact) mass is 285 g/mol. The van der Waals surface area contributed by atoms with Crippen LogP contribution in [0.1, 0.15) is 18.5 Å². The van der Waals surface area contributed by atoms with E-state index in [-0.39, 0.29) is 5.78 Å². The van der Waals surface area contributed by atoms with Gasteiger partial charge in [-0.1, -0.05) is 30.3 Å². The number of nitrogens with one attached hydrogen (secondary N) is 1. The zero-order valence-electron chi connectivity index (χ0n) is 12.1. The second-order valence-corrected chi connectivity index (χ2v) is 4.82. The SMILES string of the molecule is COc1ccc(N[C@H](c2ccccc2)[C@H](O)C(C)=O)cc1. The van der Waals surface area contributed by atoms with E-state index in [4.69, 9.17) is 4.74 Å². The van der Waals surface area contributed by atoms with Gasteiger partial charge in [-0.2, -0.15) is 0 Å². The average Bonchev–Trinajstić information content (AvgIpc) is 2.53. The van der Waals surface area contributed by atoms with E-state index < -0.39 is 12.1 Å². The van der Waals surface area contributed by atoms with E-state index in [1.807, 2.05) is 54.6 Å². The average molecular weight is 285 g/mol. The minimum atomic E-state index is -1.10. The second kappa shape index (κ2) is 6.90. The molecule has 21 heavy (non-hydrogen) atoms. The number of carbonyl (C=O) groups is 1. The van der Waals surface area contributed by atoms with Crippen LogP contribution in [0.15, 0.2) is 54.6 Å². The van der Waals surface area contributed by atoms with Gasteiger partial charge >= 0.3 is 0 Å². The summed E-state index contributed by atoms with van der Waals surface area (Å²) < 4.78 is 5.11. The molecule has 0 aliphatic carbocycles. The normalized spacial score (nSPS) is 13.3. The molecule has 0 spiro atoms. The number of rotatable bonds is 6. The van der Waals surface area contributed by atoms with E-state index in [9.17, 15) is 9.90 Å². The van der Waals surface area contributed by atoms with Gasteiger partial charge in [0.2, 0.25) is 0 Å². The maximum atomic E-state index is 11.5. The third-order valence-corrected chi connectivity index (χ3v) is 3.30. The number of hydrogen-bond donors (Lipinski definition) is 2. The summed E-state index contributed by atoms with van der Waals surface area (Å²) in [7, 11) is 1.61. The van der Waals surface area contributed by atoms with Crippen LogP contribution in [0.5, 0.6) is 5.75 Å². The van der Waals surface area contributed by atoms with Gasteiger partial charge in [-0.15, -0.1) is 0 Å². The Bertz CT molecular complexity index is 581. The molecule has 2 aromatic rings. The molecule has 0 aromatic heterocycles. The van der Waals surface area contributed by atoms with Crippen molar-refractivity contribution in [2.75, 3.05) is 12.4 Å². The molecule has 2 atom stereocenters. The van der Waals surface area contributed by atoms with Crippen LogP contribution in [-0.2, 0) is 4.79 Å². The largest absolute Gasteiger partial charge is 0.497 e. The van der Waals surface area contributed by atoms with Crippen LogP contribution in [0, 0.1) is 0 Å². The van der Waals surface area contributed by atoms with Gasteiger partial charge in [0.1, 0.15) is 11.9 Å². The molecule has 0 fully saturated rings. The van der Waals surface area contributed by atoms with Crippen LogP contribution in [0.2, 0.25) is 0 Å². The molecular weight excluding hydrogens is 266 g/mol. The molecule has 2 aromatic carbocycles. The minimum Gasteiger partial charge on any atom is -0.497 e. The van der Waals surface area contributed by atoms with Crippen LogP contribution in [0.3, 0.4) is 0 Å². The number of ether oxygens (including phenoxy) is 1. The first kappa shape index (κ1) is 15.1. The highest BCUT2D eigenvalue weighted by molar-refractivity contribution is 5.81. The Morgan fingerprint density at radius 1 is 1.10 bits per heavy atom. The number of methoxy groups -OCH3 is 1. The molecule has 0 heterocycles. The Hall–Kier alpha value is -2.33. The first-order valence-electron chi connectivity index (χ1n) is 6.76. The molecule has 0 bridgehead atoms. The molecule has 0 saturated carbocycles. The van der Waals surface area contributed by atoms with Gasteiger partial charge in [0.05, 0.1) is 13.2 Å². The standard InChI is InChI=1S/C17H19NO3/c1-12(19)17(20)16(13-6-4-3-5-7-13)18-14-8-10-15(21-2)11-9-14/h3-11,16-18,20H,1-2H3/t16-,17-/m1/s1. The molecule has 0 aliphatic heterocycles. The molecule has 4 heteroatoms. The summed E-state index contributed by atoms with van der Waals surface area (Å²) in [4.78, 5) is 11.5. The van der Waals surface area contributed by atoms with Gasteiger partial charge in [0, 0.05) is 5.69 Å². The van der Waals surface area contributed by atoms with Crippen LogP contribution < -0.4 is 10.1 Å². The van der Waals surface area contributed by atoms with E-state index in [0.29, 0.717) is 0 Å². The third kappa shape index (κ3) is 3.83. The molecule has 0 amide bonds. The summed E-state index contributed by atoms with van der Waals surface area (Å²) in [6.07, 6.45) is -1.10. The number of hydrogen-bond acceptors (Lipinski definition) is 4. The van der Waals surface area contributed by atoms with Gasteiger partial charge in [-0.25, -0.2) is 0 Å². The van der Waals surface area contributed by atoms with Gasteiger partial charge in [0.15, 0.2) is 5.78 Å². The second-order valence-electron chi connectivity index (χ2n) is 4.82. The molecule has 0 unspecified atom stereocenters. The molecular formula is C17H19NO3. The zero-order chi connectivity index (χ0) is 15.2. The number of Topliss-reactive ketones (excluding diaryl/α,β-unsaturated/α-hetero) is 1. The Kier molecular flexibility index (Phi) is 4.95. The van der Waals surface area contributed by atoms with Crippen molar-refractivity contribution in [3.8, 4) is 5.75 Å². The predicted octanol–water partition coefficient (Wildman–Crippen LogP) is 2.80. The molecule has 4 nitrogen and oxygen atoms in total. The number of aliphatic hydroxyl groups excluding tert-OH is 1. The van der Waals surface area contributed by atoms with E-state index in [2.05, 4.69) is 5.32 Å². The van der Waals surface area contributed by atoms with E-state index in [1.165, 1.54) is 6.92 Å². The van der Waals surface area contributed by atoms with Crippen LogP contribution >= 0.6 is 0 Å². The Morgan fingerprint density at radius 2 is 1.71 bits per heavy atom. The number of anilines is 1. The highest BCUT2D eigenvalue weighted by atomic mass is 16.5. The third-order valence-electron chi connectivity index (χ3n) is 3.30. The van der Waals surface area contributed by atoms with Crippen molar-refractivity contribution in [1.29, 1.82) is 0 Å². The smallest absolute Gasteiger partial charge is 0.160 e. The van der Waals surface area contributed by atoms with E-state index in [1.54, 1.807) is 7.11 Å². The quantitative estimate of drug-likeness (QED) is 0.857. The number of aliphatic hydroxyl groups is 1. The summed E-state index contributed by atoms with van der Waals surface area (Å²) in [5.74, 6) is 0.480. The Morgan fingerprint density at radius 3 is 2.24 bits per heavy atom. The maximum Gasteiger partial charge on any atom is 0.160 e. The minimum absolute atomic E-state index is 0.273. The summed E-state index contributed by atoms with van der Waals surface area (Å²) in [5, 5.41) is 13.4. The summed E-state index contributed by atoms with van der Waals surface area (Å²) in [6.45, 7) is 1.39. The van der Waals surface area contributed by atoms with Crippen molar-refractivity contribution in [3.63, 3.8) is 0 Å². The Balaban J connectivity index is 2.25. The summed E-state index contributed by atoms with van der Waals surface area (Å²) >= 11 is 0. The molecule has 0 radical (unpaired) electrons. The topological polar surface area (TPSA) is 58.6 Å². The van der Waals surface area contributed by atoms with Crippen LogP contribution in [-0.4, -0.2) is 24.1 Å². The highest BCUT2D eigenvalue weighted by Gasteiger charge is 2.24. The molecule has 2 rings (SSSR count). The van der Waals surface area contributed by atoms with Crippen molar-refractivity contribution >= 4 is 11.5 Å². The maximum absolute atomic E-state index is 11.5. The van der Waals surface area contributed by atoms with Crippen molar-refractivity contribution in [2.45, 2.75) is 19.1 Å². The fourth-order valence-corrected chi connectivity index (χ4v) is 2.11. The fraction of sp³-hybridized carbons (Fsp3) is 0.235. The van der Waals surface area contributed by atoms with Gasteiger partial charge in [-0.05, 0) is 36.8 Å². The predicted molar refractivity (Wildman–Crippen MR) is 82.5 cm³/mol. The Labute approximate surface area is 124 Å². The first-order chi connectivity index (χ1) is 10.1. The van der Waals surface area contributed by atoms with Crippen LogP contribution in [0.4, 0.5) is 5.69 Å². The van der Waals surface area contributed by atoms with E-state index >= 15 is 0 Å². The lowest BCUT2D eigenvalue weighted by Crippen LogP contribution is -2.31. The lowest BCUT2D eigenvalue weighted by molar-refractivity contribution is -0.125. The van der Waals surface area contributed by atoms with Crippen molar-refractivity contribution < 1.29 is 14.6 Å². The first-order valence-corrected chi connectivity index (χ1v) is 6.76. The fourth-order valence-electron chi connectivity index (χ4n) is 2.11. The van der Waals surface area contributed by atoms with Crippen LogP contribution in [0.25, 0.3) is 0 Å². The number of carbonyl (C=O) groups excluding carboxylic acids is 1. The van der Waals surface area contributed by atoms with Crippen molar-refractivity contribution in [1.82, 2.24) is 0 Å². The van der Waals surface area contributed by atoms with Gasteiger partial charge in [-0.3, -0.25) is 4.79 Å². The summed E-state index contributed by atoms with van der Waals surface area (Å²) in [5.41, 5.74) is 1.67. The number of ketones is 1. The molecule has 0 aliphatic rings. The lowest BCUT2D eigenvalue weighted by atomic mass is 9.98. The highest BCUT2D eigenvalue weighted by Crippen LogP contribution is 2.24. The van der Waals surface area contributed by atoms with Crippen molar-refractivity contribution in [2.24, 2.45) is 0 Å². The number of benzene rings is 2. The lowest BCUT2D eigenvalue weighted by Gasteiger charge is -2.24.